The predicted molar refractivity (Wildman–Crippen MR) is 90.5 cm³/mol. The molecule has 3 aromatic rings. The van der Waals surface area contributed by atoms with E-state index in [1.165, 1.54) is 4.90 Å². The van der Waals surface area contributed by atoms with Crippen molar-refractivity contribution < 1.29 is 9.21 Å². The maximum atomic E-state index is 12.1. The number of hydrogen-bond acceptors (Lipinski definition) is 4. The van der Waals surface area contributed by atoms with E-state index in [-0.39, 0.29) is 5.91 Å². The molecule has 23 heavy (non-hydrogen) atoms. The first-order valence-electron chi connectivity index (χ1n) is 7.30. The SMILES string of the molecule is Cc1ccc(-c2cc(C(=O)NCCSc3ccccc3)n[nH]2)o1. The smallest absolute Gasteiger partial charge is 0.271 e. The van der Waals surface area contributed by atoms with Crippen molar-refractivity contribution in [2.45, 2.75) is 11.8 Å². The average Bonchev–Trinajstić information content (AvgIpc) is 3.21. The van der Waals surface area contributed by atoms with Gasteiger partial charge in [-0.15, -0.1) is 11.8 Å². The first kappa shape index (κ1) is 15.4. The zero-order valence-corrected chi connectivity index (χ0v) is 13.5. The van der Waals surface area contributed by atoms with Gasteiger partial charge in [0.1, 0.15) is 11.5 Å². The van der Waals surface area contributed by atoms with Crippen LogP contribution in [0.25, 0.3) is 11.5 Å². The van der Waals surface area contributed by atoms with E-state index in [0.29, 0.717) is 23.7 Å². The molecule has 5 nitrogen and oxygen atoms in total. The molecule has 1 amide bonds. The Balaban J connectivity index is 1.50. The molecule has 6 heteroatoms. The Morgan fingerprint density at radius 3 is 2.83 bits per heavy atom. The number of furan rings is 1. The van der Waals surface area contributed by atoms with Crippen molar-refractivity contribution >= 4 is 17.7 Å². The van der Waals surface area contributed by atoms with Crippen LogP contribution >= 0.6 is 11.8 Å². The van der Waals surface area contributed by atoms with Crippen LogP contribution in [0.3, 0.4) is 0 Å². The van der Waals surface area contributed by atoms with E-state index in [4.69, 9.17) is 4.42 Å². The van der Waals surface area contributed by atoms with Gasteiger partial charge in [-0.05, 0) is 31.2 Å². The van der Waals surface area contributed by atoms with Gasteiger partial charge >= 0.3 is 0 Å². The quantitative estimate of drug-likeness (QED) is 0.537. The molecule has 2 N–H and O–H groups in total. The van der Waals surface area contributed by atoms with Crippen LogP contribution in [0.15, 0.2) is 57.8 Å². The number of hydrogen-bond donors (Lipinski definition) is 2. The molecular formula is C17H17N3O2S. The standard InChI is InChI=1S/C17H17N3O2S/c1-12-7-8-16(22-12)14-11-15(20-19-14)17(21)18-9-10-23-13-5-3-2-4-6-13/h2-8,11H,9-10H2,1H3,(H,18,21)(H,19,20). The van der Waals surface area contributed by atoms with Gasteiger partial charge in [0.25, 0.3) is 5.91 Å². The number of rotatable bonds is 6. The van der Waals surface area contributed by atoms with Crippen LogP contribution in [-0.4, -0.2) is 28.4 Å². The van der Waals surface area contributed by atoms with Crippen molar-refractivity contribution in [2.24, 2.45) is 0 Å². The Hall–Kier alpha value is -2.47. The Morgan fingerprint density at radius 1 is 1.26 bits per heavy atom. The maximum Gasteiger partial charge on any atom is 0.271 e. The fraction of sp³-hybridized carbons (Fsp3) is 0.176. The predicted octanol–water partition coefficient (Wildman–Crippen LogP) is 3.50. The van der Waals surface area contributed by atoms with E-state index in [2.05, 4.69) is 27.6 Å². The van der Waals surface area contributed by atoms with E-state index in [0.717, 1.165) is 11.5 Å². The molecule has 0 aliphatic carbocycles. The molecule has 118 valence electrons. The lowest BCUT2D eigenvalue weighted by Crippen LogP contribution is -2.26. The number of H-pyrrole nitrogens is 1. The summed E-state index contributed by atoms with van der Waals surface area (Å²) >= 11 is 1.70. The molecular weight excluding hydrogens is 310 g/mol. The van der Waals surface area contributed by atoms with Gasteiger partial charge in [0.15, 0.2) is 11.5 Å². The highest BCUT2D eigenvalue weighted by molar-refractivity contribution is 7.99. The van der Waals surface area contributed by atoms with Crippen LogP contribution in [-0.2, 0) is 0 Å². The minimum Gasteiger partial charge on any atom is -0.460 e. The summed E-state index contributed by atoms with van der Waals surface area (Å²) in [5.41, 5.74) is 1.06. The number of carbonyl (C=O) groups is 1. The summed E-state index contributed by atoms with van der Waals surface area (Å²) in [6.07, 6.45) is 0. The minimum absolute atomic E-state index is 0.190. The average molecular weight is 327 g/mol. The summed E-state index contributed by atoms with van der Waals surface area (Å²) in [4.78, 5) is 13.3. The third-order valence-corrected chi connectivity index (χ3v) is 4.23. The molecule has 0 fully saturated rings. The fourth-order valence-electron chi connectivity index (χ4n) is 2.08. The monoisotopic (exact) mass is 327 g/mol. The largest absolute Gasteiger partial charge is 0.460 e. The topological polar surface area (TPSA) is 70.9 Å². The summed E-state index contributed by atoms with van der Waals surface area (Å²) in [6, 6.07) is 15.5. The van der Waals surface area contributed by atoms with Crippen LogP contribution in [0.4, 0.5) is 0 Å². The number of aromatic nitrogens is 2. The number of nitrogens with one attached hydrogen (secondary N) is 2. The van der Waals surface area contributed by atoms with Gasteiger partial charge < -0.3 is 9.73 Å². The molecule has 0 bridgehead atoms. The molecule has 1 aromatic carbocycles. The van der Waals surface area contributed by atoms with Crippen LogP contribution in [0.2, 0.25) is 0 Å². The van der Waals surface area contributed by atoms with Gasteiger partial charge in [0.05, 0.1) is 0 Å². The fourth-order valence-corrected chi connectivity index (χ4v) is 2.87. The molecule has 2 aromatic heterocycles. The van der Waals surface area contributed by atoms with Gasteiger partial charge in [0, 0.05) is 23.3 Å². The first-order valence-corrected chi connectivity index (χ1v) is 8.29. The van der Waals surface area contributed by atoms with Crippen molar-refractivity contribution in [3.8, 4) is 11.5 Å². The lowest BCUT2D eigenvalue weighted by Gasteiger charge is -2.03. The van der Waals surface area contributed by atoms with Gasteiger partial charge in [-0.1, -0.05) is 18.2 Å². The first-order chi connectivity index (χ1) is 11.2. The summed E-state index contributed by atoms with van der Waals surface area (Å²) in [7, 11) is 0. The Kier molecular flexibility index (Phi) is 4.83. The molecule has 0 unspecified atom stereocenters. The Bertz CT molecular complexity index is 780. The number of benzene rings is 1. The molecule has 0 spiro atoms. The molecule has 0 aliphatic heterocycles. The molecule has 0 saturated heterocycles. The summed E-state index contributed by atoms with van der Waals surface area (Å²) in [5.74, 6) is 2.11. The van der Waals surface area contributed by atoms with E-state index in [9.17, 15) is 4.79 Å². The number of carbonyl (C=O) groups excluding carboxylic acids is 1. The highest BCUT2D eigenvalue weighted by Gasteiger charge is 2.12. The van der Waals surface area contributed by atoms with E-state index in [1.807, 2.05) is 37.3 Å². The molecule has 0 saturated carbocycles. The van der Waals surface area contributed by atoms with Gasteiger partial charge in [-0.25, -0.2) is 0 Å². The van der Waals surface area contributed by atoms with Gasteiger partial charge in [-0.2, -0.15) is 5.10 Å². The van der Waals surface area contributed by atoms with Gasteiger partial charge in [-0.3, -0.25) is 9.89 Å². The van der Waals surface area contributed by atoms with Crippen molar-refractivity contribution in [1.29, 1.82) is 0 Å². The highest BCUT2D eigenvalue weighted by Crippen LogP contribution is 2.20. The van der Waals surface area contributed by atoms with E-state index >= 15 is 0 Å². The summed E-state index contributed by atoms with van der Waals surface area (Å²) in [6.45, 7) is 2.46. The normalized spacial score (nSPS) is 10.7. The number of aryl methyl sites for hydroxylation is 1. The molecule has 3 rings (SSSR count). The van der Waals surface area contributed by atoms with Crippen LogP contribution in [0.1, 0.15) is 16.2 Å². The third kappa shape index (κ3) is 4.04. The van der Waals surface area contributed by atoms with Gasteiger partial charge in [0.2, 0.25) is 0 Å². The lowest BCUT2D eigenvalue weighted by atomic mass is 10.3. The maximum absolute atomic E-state index is 12.1. The van der Waals surface area contributed by atoms with E-state index < -0.39 is 0 Å². The third-order valence-electron chi connectivity index (χ3n) is 3.22. The van der Waals surface area contributed by atoms with Crippen molar-refractivity contribution in [3.05, 3.63) is 60.0 Å². The highest BCUT2D eigenvalue weighted by atomic mass is 32.2. The number of nitrogens with zero attached hydrogens (tertiary/aromatic N) is 1. The number of amides is 1. The lowest BCUT2D eigenvalue weighted by molar-refractivity contribution is 0.0951. The molecule has 0 aliphatic rings. The van der Waals surface area contributed by atoms with Crippen LogP contribution in [0, 0.1) is 6.92 Å². The Labute approximate surface area is 138 Å². The molecule has 0 atom stereocenters. The summed E-state index contributed by atoms with van der Waals surface area (Å²) in [5, 5.41) is 9.72. The number of thioether (sulfide) groups is 1. The van der Waals surface area contributed by atoms with E-state index in [1.54, 1.807) is 17.8 Å². The van der Waals surface area contributed by atoms with Crippen LogP contribution in [0.5, 0.6) is 0 Å². The Morgan fingerprint density at radius 2 is 2.09 bits per heavy atom. The van der Waals surface area contributed by atoms with Crippen molar-refractivity contribution in [3.63, 3.8) is 0 Å². The number of aromatic amines is 1. The second-order valence-corrected chi connectivity index (χ2v) is 6.16. The second-order valence-electron chi connectivity index (χ2n) is 4.99. The molecule has 2 heterocycles. The zero-order chi connectivity index (χ0) is 16.1. The zero-order valence-electron chi connectivity index (χ0n) is 12.7. The molecule has 0 radical (unpaired) electrons. The summed E-state index contributed by atoms with van der Waals surface area (Å²) < 4.78 is 5.50. The second kappa shape index (κ2) is 7.19. The van der Waals surface area contributed by atoms with Crippen molar-refractivity contribution in [1.82, 2.24) is 15.5 Å². The minimum atomic E-state index is -0.190. The van der Waals surface area contributed by atoms with Crippen molar-refractivity contribution in [2.75, 3.05) is 12.3 Å². The van der Waals surface area contributed by atoms with Crippen LogP contribution < -0.4 is 5.32 Å².